The molecule has 3 rings (SSSR count). The molecule has 0 bridgehead atoms. The lowest BCUT2D eigenvalue weighted by Crippen LogP contribution is -2.47. The topological polar surface area (TPSA) is 71.0 Å². The average Bonchev–Trinajstić information content (AvgIpc) is 2.90. The van der Waals surface area contributed by atoms with Crippen LogP contribution in [0.15, 0.2) is 12.1 Å². The minimum absolute atomic E-state index is 0.0572. The number of carbonyl (C=O) groups is 1. The van der Waals surface area contributed by atoms with Crippen molar-refractivity contribution >= 4 is 17.5 Å². The second kappa shape index (κ2) is 9.62. The van der Waals surface area contributed by atoms with Crippen LogP contribution in [0, 0.1) is 5.92 Å². The Morgan fingerprint density at radius 2 is 2.19 bits per heavy atom. The van der Waals surface area contributed by atoms with E-state index < -0.39 is 6.10 Å². The number of halogens is 1. The lowest BCUT2D eigenvalue weighted by molar-refractivity contribution is 0.0217. The summed E-state index contributed by atoms with van der Waals surface area (Å²) in [4.78, 5) is 15.0. The Balaban J connectivity index is 1.59. The van der Waals surface area contributed by atoms with Gasteiger partial charge < -0.3 is 24.8 Å². The zero-order valence-electron chi connectivity index (χ0n) is 15.9. The molecule has 2 N–H and O–H groups in total. The fourth-order valence-electron chi connectivity index (χ4n) is 3.60. The molecular weight excluding hydrogens is 368 g/mol. The molecule has 0 saturated carbocycles. The van der Waals surface area contributed by atoms with E-state index in [0.29, 0.717) is 48.4 Å². The number of piperidine rings is 1. The van der Waals surface area contributed by atoms with Crippen LogP contribution < -0.4 is 14.8 Å². The number of nitrogens with one attached hydrogen (secondary N) is 1. The molecule has 7 heteroatoms. The lowest BCUT2D eigenvalue weighted by atomic mass is 9.93. The second-order valence-corrected chi connectivity index (χ2v) is 7.75. The molecule has 150 valence electrons. The number of aliphatic hydroxyl groups excluding tert-OH is 1. The van der Waals surface area contributed by atoms with Crippen LogP contribution in [0.3, 0.4) is 0 Å². The number of hydrogen-bond acceptors (Lipinski definition) is 5. The van der Waals surface area contributed by atoms with Gasteiger partial charge in [-0.3, -0.25) is 4.79 Å². The van der Waals surface area contributed by atoms with Gasteiger partial charge in [0.2, 0.25) is 0 Å². The molecule has 1 aromatic carbocycles. The van der Waals surface area contributed by atoms with Crippen molar-refractivity contribution in [2.45, 2.75) is 38.7 Å². The van der Waals surface area contributed by atoms with E-state index in [-0.39, 0.29) is 11.8 Å². The van der Waals surface area contributed by atoms with Gasteiger partial charge in [0.25, 0.3) is 5.91 Å². The predicted molar refractivity (Wildman–Crippen MR) is 105 cm³/mol. The van der Waals surface area contributed by atoms with Crippen molar-refractivity contribution in [1.29, 1.82) is 0 Å². The molecule has 1 aromatic rings. The van der Waals surface area contributed by atoms with Gasteiger partial charge in [-0.15, -0.1) is 0 Å². The molecule has 6 nitrogen and oxygen atoms in total. The quantitative estimate of drug-likeness (QED) is 0.773. The Bertz CT molecular complexity index is 655. The molecule has 27 heavy (non-hydrogen) atoms. The zero-order valence-corrected chi connectivity index (χ0v) is 16.6. The molecule has 2 aliphatic heterocycles. The average molecular weight is 397 g/mol. The highest BCUT2D eigenvalue weighted by atomic mass is 35.5. The van der Waals surface area contributed by atoms with Gasteiger partial charge in [-0.2, -0.15) is 0 Å². The van der Waals surface area contributed by atoms with Crippen molar-refractivity contribution in [3.05, 3.63) is 22.7 Å². The number of aliphatic hydroxyl groups is 1. The third kappa shape index (κ3) is 5.27. The molecule has 0 aliphatic carbocycles. The summed E-state index contributed by atoms with van der Waals surface area (Å²) in [6, 6.07) is 3.28. The number of nitrogens with zero attached hydrogens (tertiary/aromatic N) is 1. The number of rotatable bonds is 6. The predicted octanol–water partition coefficient (Wildman–Crippen LogP) is 2.71. The highest BCUT2D eigenvalue weighted by molar-refractivity contribution is 6.31. The third-order valence-electron chi connectivity index (χ3n) is 5.22. The highest BCUT2D eigenvalue weighted by Crippen LogP contribution is 2.36. The minimum atomic E-state index is -0.424. The van der Waals surface area contributed by atoms with Gasteiger partial charge in [0.1, 0.15) is 0 Å². The van der Waals surface area contributed by atoms with E-state index in [0.717, 1.165) is 38.8 Å². The number of ether oxygens (including phenoxy) is 2. The van der Waals surface area contributed by atoms with Crippen LogP contribution in [0.5, 0.6) is 11.5 Å². The first-order chi connectivity index (χ1) is 13.1. The fourth-order valence-corrected chi connectivity index (χ4v) is 3.80. The fraction of sp³-hybridized carbons (Fsp3) is 0.650. The van der Waals surface area contributed by atoms with Gasteiger partial charge in [0.15, 0.2) is 11.5 Å². The molecule has 2 aliphatic rings. The second-order valence-electron chi connectivity index (χ2n) is 7.31. The number of likely N-dealkylation sites (tertiary alicyclic amines) is 1. The first kappa shape index (κ1) is 20.2. The van der Waals surface area contributed by atoms with Gasteiger partial charge in [-0.05, 0) is 32.0 Å². The summed E-state index contributed by atoms with van der Waals surface area (Å²) in [7, 11) is 0. The molecule has 0 radical (unpaired) electrons. The Kier molecular flexibility index (Phi) is 7.21. The largest absolute Gasteiger partial charge is 0.489 e. The van der Waals surface area contributed by atoms with Crippen molar-refractivity contribution in [2.24, 2.45) is 5.92 Å². The van der Waals surface area contributed by atoms with E-state index in [1.54, 1.807) is 12.1 Å². The molecule has 1 amide bonds. The van der Waals surface area contributed by atoms with Crippen LogP contribution >= 0.6 is 11.6 Å². The first-order valence-corrected chi connectivity index (χ1v) is 10.2. The lowest BCUT2D eigenvalue weighted by Gasteiger charge is -2.36. The number of fused-ring (bicyclic) bond motifs is 1. The summed E-state index contributed by atoms with van der Waals surface area (Å²) in [5.74, 6) is 0.764. The van der Waals surface area contributed by atoms with Crippen molar-refractivity contribution in [2.75, 3.05) is 39.4 Å². The Morgan fingerprint density at radius 1 is 1.37 bits per heavy atom. The van der Waals surface area contributed by atoms with Crippen molar-refractivity contribution in [3.8, 4) is 11.5 Å². The number of benzene rings is 1. The molecule has 1 fully saturated rings. The molecule has 0 aromatic heterocycles. The van der Waals surface area contributed by atoms with Gasteiger partial charge >= 0.3 is 0 Å². The maximum absolute atomic E-state index is 12.7. The summed E-state index contributed by atoms with van der Waals surface area (Å²) in [5, 5.41) is 13.8. The van der Waals surface area contributed by atoms with Gasteiger partial charge in [-0.1, -0.05) is 24.9 Å². The normalized spacial score (nSPS) is 22.9. The van der Waals surface area contributed by atoms with Gasteiger partial charge in [-0.25, -0.2) is 0 Å². The SMILES string of the molecule is CCCCN1CC[C@@H](CNC(=O)c2cc(Cl)cc3c2OCCCO3)[C@H](O)C1. The number of amides is 1. The maximum Gasteiger partial charge on any atom is 0.255 e. The number of carbonyl (C=O) groups excluding carboxylic acids is 1. The summed E-state index contributed by atoms with van der Waals surface area (Å²) in [5.41, 5.74) is 0.384. The smallest absolute Gasteiger partial charge is 0.255 e. The Morgan fingerprint density at radius 3 is 2.96 bits per heavy atom. The molecule has 0 spiro atoms. The summed E-state index contributed by atoms with van der Waals surface area (Å²) < 4.78 is 11.4. The van der Waals surface area contributed by atoms with Gasteiger partial charge in [0, 0.05) is 36.5 Å². The molecule has 1 saturated heterocycles. The minimum Gasteiger partial charge on any atom is -0.489 e. The number of hydrogen-bond donors (Lipinski definition) is 2. The first-order valence-electron chi connectivity index (χ1n) is 9.86. The van der Waals surface area contributed by atoms with E-state index in [9.17, 15) is 9.90 Å². The van der Waals surface area contributed by atoms with E-state index in [1.807, 2.05) is 0 Å². The van der Waals surface area contributed by atoms with Gasteiger partial charge in [0.05, 0.1) is 24.9 Å². The zero-order chi connectivity index (χ0) is 19.2. The molecule has 2 atom stereocenters. The summed E-state index contributed by atoms with van der Waals surface area (Å²) >= 11 is 6.15. The molecular formula is C20H29ClN2O4. The number of β-amino-alcohol motifs (C(OH)–C–C–N with tert-alkyl or cyclic N) is 1. The van der Waals surface area contributed by atoms with E-state index in [4.69, 9.17) is 21.1 Å². The third-order valence-corrected chi connectivity index (χ3v) is 5.43. The van der Waals surface area contributed by atoms with Crippen LogP contribution in [0.4, 0.5) is 0 Å². The maximum atomic E-state index is 12.7. The highest BCUT2D eigenvalue weighted by Gasteiger charge is 2.28. The Hall–Kier alpha value is -1.50. The van der Waals surface area contributed by atoms with E-state index >= 15 is 0 Å². The van der Waals surface area contributed by atoms with Crippen molar-refractivity contribution in [1.82, 2.24) is 10.2 Å². The van der Waals surface area contributed by atoms with Crippen LogP contribution in [0.25, 0.3) is 0 Å². The van der Waals surface area contributed by atoms with Crippen LogP contribution in [-0.2, 0) is 0 Å². The Labute approximate surface area is 165 Å². The van der Waals surface area contributed by atoms with E-state index in [2.05, 4.69) is 17.1 Å². The van der Waals surface area contributed by atoms with E-state index in [1.165, 1.54) is 0 Å². The molecule has 2 heterocycles. The number of unbranched alkanes of at least 4 members (excludes halogenated alkanes) is 1. The van der Waals surface area contributed by atoms with Crippen molar-refractivity contribution in [3.63, 3.8) is 0 Å². The summed E-state index contributed by atoms with van der Waals surface area (Å²) in [6.07, 6.45) is 3.51. The molecule has 0 unspecified atom stereocenters. The van der Waals surface area contributed by atoms with Crippen LogP contribution in [-0.4, -0.2) is 61.4 Å². The monoisotopic (exact) mass is 396 g/mol. The summed E-state index contributed by atoms with van der Waals surface area (Å²) in [6.45, 7) is 6.30. The van der Waals surface area contributed by atoms with Crippen molar-refractivity contribution < 1.29 is 19.4 Å². The van der Waals surface area contributed by atoms with Crippen LogP contribution in [0.1, 0.15) is 43.0 Å². The standard InChI is InChI=1S/C20H29ClN2O4/c1-2-3-6-23-7-5-14(17(24)13-23)12-22-20(25)16-10-15(21)11-18-19(16)27-9-4-8-26-18/h10-11,14,17,24H,2-9,12-13H2,1H3,(H,22,25)/t14-,17+/m0/s1. The van der Waals surface area contributed by atoms with Crippen LogP contribution in [0.2, 0.25) is 5.02 Å².